The summed E-state index contributed by atoms with van der Waals surface area (Å²) in [4.78, 5) is 10.7. The first-order valence-corrected chi connectivity index (χ1v) is 4.03. The highest BCUT2D eigenvalue weighted by atomic mass is 31.1. The molecule has 0 aliphatic heterocycles. The molecule has 2 unspecified atom stereocenters. The zero-order chi connectivity index (χ0) is 8.85. The Bertz CT molecular complexity index is 141. The maximum Gasteiger partial charge on any atom is 0.552 e. The van der Waals surface area contributed by atoms with Crippen molar-refractivity contribution in [2.45, 2.75) is 5.85 Å². The summed E-state index contributed by atoms with van der Waals surface area (Å²) in [6.45, 7) is 0. The van der Waals surface area contributed by atoms with Crippen molar-refractivity contribution in [3.05, 3.63) is 0 Å². The molecule has 0 rings (SSSR count). The fourth-order valence-corrected chi connectivity index (χ4v) is 1.11. The molecule has 0 aromatic heterocycles. The molecule has 0 aliphatic rings. The zero-order valence-electron chi connectivity index (χ0n) is 6.57. The molecule has 0 saturated carbocycles. The number of hydrogen-bond acceptors (Lipinski definition) is 5. The van der Waals surface area contributed by atoms with Crippen molar-refractivity contribution in [2.75, 3.05) is 21.3 Å². The summed E-state index contributed by atoms with van der Waals surface area (Å²) in [6.07, 6.45) is 0. The highest BCUT2D eigenvalue weighted by Crippen LogP contribution is 2.29. The van der Waals surface area contributed by atoms with E-state index in [0.29, 0.717) is 0 Å². The highest BCUT2D eigenvalue weighted by Gasteiger charge is 2.40. The molecule has 0 fully saturated rings. The van der Waals surface area contributed by atoms with Gasteiger partial charge in [0.1, 0.15) is 0 Å². The van der Waals surface area contributed by atoms with E-state index in [1.165, 1.54) is 21.3 Å². The third kappa shape index (κ3) is 2.93. The Hall–Kier alpha value is -0.510. The second-order valence-electron chi connectivity index (χ2n) is 1.58. The summed E-state index contributed by atoms with van der Waals surface area (Å²) >= 11 is 0. The molecule has 0 N–H and O–H groups in total. The smallest absolute Gasteiger partial charge is 0.464 e. The van der Waals surface area contributed by atoms with Crippen molar-refractivity contribution in [2.24, 2.45) is 0 Å². The molecule has 0 saturated heterocycles. The van der Waals surface area contributed by atoms with Crippen LogP contribution >= 0.6 is 8.03 Å². The van der Waals surface area contributed by atoms with Crippen LogP contribution in [0.3, 0.4) is 0 Å². The molecule has 0 bridgehead atoms. The Kier molecular flexibility index (Phi) is 4.94. The van der Waals surface area contributed by atoms with E-state index in [0.717, 1.165) is 0 Å². The highest BCUT2D eigenvalue weighted by molar-refractivity contribution is 7.41. The molecule has 2 atom stereocenters. The maximum absolute atomic E-state index is 10.8. The van der Waals surface area contributed by atoms with Gasteiger partial charge in [0, 0.05) is 7.11 Å². The van der Waals surface area contributed by atoms with Crippen LogP contribution in [0.2, 0.25) is 0 Å². The summed E-state index contributed by atoms with van der Waals surface area (Å²) in [6, 6.07) is 0. The predicted octanol–water partition coefficient (Wildman–Crippen LogP) is 0.521. The first kappa shape index (κ1) is 10.5. The van der Waals surface area contributed by atoms with E-state index in [1.807, 2.05) is 0 Å². The lowest BCUT2D eigenvalue weighted by Gasteiger charge is -1.99. The quantitative estimate of drug-likeness (QED) is 0.467. The standard InChI is InChI=1S/C5H10O5P/c1-8-4(6)5(9-2)11(7)10-3/h5H,1-3H3/q+1. The molecular formula is C5H10O5P+. The van der Waals surface area contributed by atoms with Crippen molar-refractivity contribution in [3.8, 4) is 0 Å². The summed E-state index contributed by atoms with van der Waals surface area (Å²) in [7, 11) is 1.54. The van der Waals surface area contributed by atoms with Crippen LogP contribution in [-0.2, 0) is 23.4 Å². The molecule has 6 heteroatoms. The van der Waals surface area contributed by atoms with E-state index in [9.17, 15) is 9.36 Å². The first-order valence-electron chi connectivity index (χ1n) is 2.78. The molecule has 0 aromatic carbocycles. The third-order valence-electron chi connectivity index (χ3n) is 0.997. The molecule has 0 aromatic rings. The van der Waals surface area contributed by atoms with Crippen molar-refractivity contribution in [1.82, 2.24) is 0 Å². The van der Waals surface area contributed by atoms with Crippen molar-refractivity contribution >= 4 is 14.0 Å². The van der Waals surface area contributed by atoms with E-state index in [2.05, 4.69) is 14.0 Å². The number of hydrogen-bond donors (Lipinski definition) is 0. The normalized spacial score (nSPS) is 13.9. The van der Waals surface area contributed by atoms with E-state index in [1.54, 1.807) is 0 Å². The minimum Gasteiger partial charge on any atom is -0.464 e. The second kappa shape index (κ2) is 5.18. The Labute approximate surface area is 65.5 Å². The average Bonchev–Trinajstić information content (AvgIpc) is 2.05. The molecule has 0 spiro atoms. The predicted molar refractivity (Wildman–Crippen MR) is 37.4 cm³/mol. The van der Waals surface area contributed by atoms with Gasteiger partial charge in [0.05, 0.1) is 14.2 Å². The number of rotatable bonds is 4. The molecule has 0 amide bonds. The topological polar surface area (TPSA) is 61.8 Å². The van der Waals surface area contributed by atoms with Gasteiger partial charge in [0.25, 0.3) is 0 Å². The maximum atomic E-state index is 10.8. The van der Waals surface area contributed by atoms with Gasteiger partial charge in [0.2, 0.25) is 0 Å². The van der Waals surface area contributed by atoms with Gasteiger partial charge in [-0.25, -0.2) is 4.79 Å². The van der Waals surface area contributed by atoms with E-state index < -0.39 is 19.8 Å². The van der Waals surface area contributed by atoms with Crippen LogP contribution in [0.5, 0.6) is 0 Å². The summed E-state index contributed by atoms with van der Waals surface area (Å²) < 4.78 is 24.1. The number of ether oxygens (including phenoxy) is 2. The Morgan fingerprint density at radius 3 is 2.18 bits per heavy atom. The van der Waals surface area contributed by atoms with Crippen LogP contribution in [0.4, 0.5) is 0 Å². The first-order chi connectivity index (χ1) is 5.17. The van der Waals surface area contributed by atoms with Crippen LogP contribution in [0.15, 0.2) is 0 Å². The van der Waals surface area contributed by atoms with E-state index >= 15 is 0 Å². The molecule has 64 valence electrons. The van der Waals surface area contributed by atoms with Crippen molar-refractivity contribution in [3.63, 3.8) is 0 Å². The number of esters is 1. The fourth-order valence-electron chi connectivity index (χ4n) is 0.465. The molecule has 0 heterocycles. The lowest BCUT2D eigenvalue weighted by molar-refractivity contribution is -0.147. The SMILES string of the molecule is COC(=O)C(OC)[P+](=O)OC. The fraction of sp³-hybridized carbons (Fsp3) is 0.800. The largest absolute Gasteiger partial charge is 0.552 e. The van der Waals surface area contributed by atoms with Crippen LogP contribution in [0.25, 0.3) is 0 Å². The van der Waals surface area contributed by atoms with Gasteiger partial charge >= 0.3 is 19.8 Å². The lowest BCUT2D eigenvalue weighted by atomic mass is 10.7. The van der Waals surface area contributed by atoms with Gasteiger partial charge in [-0.15, -0.1) is 4.52 Å². The minimum absolute atomic E-state index is 0.699. The average molecular weight is 181 g/mol. The Morgan fingerprint density at radius 1 is 1.36 bits per heavy atom. The molecule has 0 radical (unpaired) electrons. The lowest BCUT2D eigenvalue weighted by Crippen LogP contribution is -2.20. The third-order valence-corrected chi connectivity index (χ3v) is 2.16. The summed E-state index contributed by atoms with van der Waals surface area (Å²) in [5.74, 6) is -1.82. The molecule has 5 nitrogen and oxygen atoms in total. The van der Waals surface area contributed by atoms with Gasteiger partial charge in [-0.2, -0.15) is 0 Å². The van der Waals surface area contributed by atoms with E-state index in [-0.39, 0.29) is 0 Å². The zero-order valence-corrected chi connectivity index (χ0v) is 7.46. The van der Waals surface area contributed by atoms with Gasteiger partial charge in [-0.3, -0.25) is 0 Å². The molecule has 11 heavy (non-hydrogen) atoms. The minimum atomic E-state index is -2.13. The van der Waals surface area contributed by atoms with Gasteiger partial charge in [0.15, 0.2) is 0 Å². The number of methoxy groups -OCH3 is 2. The second-order valence-corrected chi connectivity index (χ2v) is 2.98. The monoisotopic (exact) mass is 181 g/mol. The number of carbonyl (C=O) groups excluding carboxylic acids is 1. The van der Waals surface area contributed by atoms with Crippen LogP contribution in [0, 0.1) is 0 Å². The van der Waals surface area contributed by atoms with Crippen LogP contribution in [0.1, 0.15) is 0 Å². The van der Waals surface area contributed by atoms with Crippen molar-refractivity contribution < 1.29 is 23.4 Å². The van der Waals surface area contributed by atoms with Gasteiger partial charge in [-0.05, 0) is 4.57 Å². The van der Waals surface area contributed by atoms with Crippen LogP contribution in [-0.4, -0.2) is 33.1 Å². The van der Waals surface area contributed by atoms with Crippen molar-refractivity contribution in [1.29, 1.82) is 0 Å². The van der Waals surface area contributed by atoms with Gasteiger partial charge < -0.3 is 9.47 Å². The Morgan fingerprint density at radius 2 is 1.91 bits per heavy atom. The summed E-state index contributed by atoms with van der Waals surface area (Å²) in [5, 5.41) is 0. The number of carbonyl (C=O) groups is 1. The molecular weight excluding hydrogens is 171 g/mol. The summed E-state index contributed by atoms with van der Waals surface area (Å²) in [5.41, 5.74) is 0. The molecule has 0 aliphatic carbocycles. The van der Waals surface area contributed by atoms with Gasteiger partial charge in [-0.1, -0.05) is 0 Å². The van der Waals surface area contributed by atoms with Crippen LogP contribution < -0.4 is 0 Å². The van der Waals surface area contributed by atoms with E-state index in [4.69, 9.17) is 0 Å². The Balaban J connectivity index is 4.15.